The Morgan fingerprint density at radius 1 is 1.00 bits per heavy atom. The van der Waals surface area contributed by atoms with Crippen LogP contribution in [0.15, 0.2) is 0 Å². The quantitative estimate of drug-likeness (QED) is 0.383. The van der Waals surface area contributed by atoms with E-state index in [0.717, 1.165) is 0 Å². The van der Waals surface area contributed by atoms with Gasteiger partial charge >= 0.3 is 0 Å². The normalized spacial score (nSPS) is 0. The number of hydrogen-bond acceptors (Lipinski definition) is 0. The molecule has 0 aromatic heterocycles. The molecule has 0 rings (SSSR count). The van der Waals surface area contributed by atoms with Crippen LogP contribution in [0, 0.1) is 0 Å². The molecule has 0 aliphatic carbocycles. The standard InChI is InChI=1S/BH3.Co.Ni.H3P.Re/h1H3;;;1H3;. The Morgan fingerprint density at radius 2 is 1.00 bits per heavy atom. The van der Waals surface area contributed by atoms with Crippen LogP contribution in [-0.4, -0.2) is 8.41 Å². The molecule has 0 bridgehead atoms. The summed E-state index contributed by atoms with van der Waals surface area (Å²) in [5.41, 5.74) is 0. The van der Waals surface area contributed by atoms with E-state index in [1.807, 2.05) is 0 Å². The molecule has 0 heterocycles. The Hall–Kier alpha value is 2.16. The molecule has 40 valence electrons. The van der Waals surface area contributed by atoms with Gasteiger partial charge in [0, 0.05) is 53.7 Å². The molecule has 5 heteroatoms. The molecular formula is H6BCoNiPRe. The molecule has 0 N–H and O–H groups in total. The first-order chi connectivity index (χ1) is 0. The van der Waals surface area contributed by atoms with E-state index >= 15 is 0 Å². The summed E-state index contributed by atoms with van der Waals surface area (Å²) < 4.78 is 0. The van der Waals surface area contributed by atoms with Gasteiger partial charge in [-0.3, -0.25) is 0 Å². The van der Waals surface area contributed by atoms with Gasteiger partial charge in [0.15, 0.2) is 0 Å². The number of hydrogen-bond donors (Lipinski definition) is 0. The maximum Gasteiger partial charge on any atom is 0.0814 e. The average Bonchev–Trinajstić information content (AvgIpc) is 0. The third-order valence-corrected chi connectivity index (χ3v) is 0. The van der Waals surface area contributed by atoms with E-state index in [-0.39, 0.29) is 72.0 Å². The molecule has 0 nitrogen and oxygen atoms in total. The van der Waals surface area contributed by atoms with Crippen molar-refractivity contribution in [3.8, 4) is 0 Å². The molecule has 0 amide bonds. The summed E-state index contributed by atoms with van der Waals surface area (Å²) in [6, 6.07) is 0. The zero-order valence-corrected chi connectivity index (χ0v) is 7.89. The Labute approximate surface area is 71.6 Å². The Kier molecular flexibility index (Phi) is 410. The van der Waals surface area contributed by atoms with E-state index in [9.17, 15) is 0 Å². The van der Waals surface area contributed by atoms with Crippen LogP contribution in [0.1, 0.15) is 0 Å². The molecule has 0 saturated carbocycles. The van der Waals surface area contributed by atoms with Gasteiger partial charge in [-0.25, -0.2) is 0 Å². The minimum atomic E-state index is 0. The summed E-state index contributed by atoms with van der Waals surface area (Å²) >= 11 is 0. The Bertz CT molecular complexity index is 11.6. The molecule has 0 aromatic carbocycles. The first-order valence-electron chi connectivity index (χ1n) is 0. The van der Waals surface area contributed by atoms with Crippen LogP contribution in [0.3, 0.4) is 0 Å². The summed E-state index contributed by atoms with van der Waals surface area (Å²) in [5, 5.41) is 0. The van der Waals surface area contributed by atoms with Crippen LogP contribution in [0.2, 0.25) is 0 Å². The molecule has 0 aliphatic rings. The molecule has 0 aromatic rings. The first kappa shape index (κ1) is 58.3. The second-order valence-corrected chi connectivity index (χ2v) is 0. The fourth-order valence-corrected chi connectivity index (χ4v) is 0. The van der Waals surface area contributed by atoms with Gasteiger partial charge in [0.1, 0.15) is 0 Å². The van der Waals surface area contributed by atoms with Crippen molar-refractivity contribution in [2.75, 3.05) is 0 Å². The van der Waals surface area contributed by atoms with Crippen molar-refractivity contribution in [1.29, 1.82) is 0 Å². The van der Waals surface area contributed by atoms with Crippen LogP contribution in [0.5, 0.6) is 0 Å². The van der Waals surface area contributed by atoms with Gasteiger partial charge in [-0.15, -0.1) is 0 Å². The second-order valence-electron chi connectivity index (χ2n) is 0. The number of rotatable bonds is 0. The van der Waals surface area contributed by atoms with Crippen molar-refractivity contribution >= 4 is 18.3 Å². The van der Waals surface area contributed by atoms with Crippen molar-refractivity contribution in [3.05, 3.63) is 0 Å². The molecular weight excluding hydrogens is 346 g/mol. The zero-order chi connectivity index (χ0) is 0. The van der Waals surface area contributed by atoms with Crippen LogP contribution in [0.25, 0.3) is 0 Å². The smallest absolute Gasteiger partial charge is 0.0814 e. The van der Waals surface area contributed by atoms with Crippen molar-refractivity contribution < 1.29 is 53.7 Å². The maximum atomic E-state index is 0. The van der Waals surface area contributed by atoms with Crippen LogP contribution in [0.4, 0.5) is 0 Å². The summed E-state index contributed by atoms with van der Waals surface area (Å²) in [5.74, 6) is 0. The van der Waals surface area contributed by atoms with Gasteiger partial charge in [-0.1, -0.05) is 0 Å². The second kappa shape index (κ2) is 35.2. The summed E-state index contributed by atoms with van der Waals surface area (Å²) in [6.45, 7) is 0. The van der Waals surface area contributed by atoms with Crippen LogP contribution < -0.4 is 0 Å². The van der Waals surface area contributed by atoms with Crippen molar-refractivity contribution in [2.24, 2.45) is 0 Å². The average molecular weight is 352 g/mol. The Balaban J connectivity index is 0. The molecule has 0 aliphatic heterocycles. The SMILES string of the molecule is B.P.[Co].[Ni].[Re]. The maximum absolute atomic E-state index is 0. The van der Waals surface area contributed by atoms with E-state index in [4.69, 9.17) is 0 Å². The monoisotopic (exact) mass is 352 g/mol. The van der Waals surface area contributed by atoms with Crippen molar-refractivity contribution in [1.82, 2.24) is 0 Å². The van der Waals surface area contributed by atoms with Gasteiger partial charge in [0.2, 0.25) is 0 Å². The van der Waals surface area contributed by atoms with Crippen LogP contribution in [-0.2, 0) is 53.7 Å². The van der Waals surface area contributed by atoms with E-state index < -0.39 is 0 Å². The topological polar surface area (TPSA) is 0 Å². The van der Waals surface area contributed by atoms with Gasteiger partial charge in [0.25, 0.3) is 0 Å². The minimum Gasteiger partial charge on any atom is -0.153 e. The molecule has 0 fully saturated rings. The van der Waals surface area contributed by atoms with Gasteiger partial charge in [-0.2, -0.15) is 9.90 Å². The molecule has 0 saturated heterocycles. The zero-order valence-electron chi connectivity index (χ0n) is 1.73. The summed E-state index contributed by atoms with van der Waals surface area (Å²) in [4.78, 5) is 0. The molecule has 1 unspecified atom stereocenters. The van der Waals surface area contributed by atoms with Crippen molar-refractivity contribution in [3.63, 3.8) is 0 Å². The van der Waals surface area contributed by atoms with E-state index in [2.05, 4.69) is 0 Å². The summed E-state index contributed by atoms with van der Waals surface area (Å²) in [6.07, 6.45) is 0. The molecule has 2 radical (unpaired) electrons. The predicted molar refractivity (Wildman–Crippen MR) is 21.0 cm³/mol. The van der Waals surface area contributed by atoms with Crippen molar-refractivity contribution in [2.45, 2.75) is 0 Å². The fourth-order valence-electron chi connectivity index (χ4n) is 0. The fraction of sp³-hybridized carbons (Fsp3) is 0. The van der Waals surface area contributed by atoms with E-state index in [1.165, 1.54) is 0 Å². The molecule has 0 spiro atoms. The van der Waals surface area contributed by atoms with Gasteiger partial charge < -0.3 is 0 Å². The summed E-state index contributed by atoms with van der Waals surface area (Å²) in [7, 11) is 0. The van der Waals surface area contributed by atoms with Crippen LogP contribution >= 0.6 is 9.90 Å². The van der Waals surface area contributed by atoms with Gasteiger partial charge in [-0.05, 0) is 0 Å². The molecule has 5 heavy (non-hydrogen) atoms. The predicted octanol–water partition coefficient (Wildman–Crippen LogP) is -1.13. The van der Waals surface area contributed by atoms with E-state index in [1.54, 1.807) is 0 Å². The Morgan fingerprint density at radius 3 is 1.00 bits per heavy atom. The van der Waals surface area contributed by atoms with Gasteiger partial charge in [0.05, 0.1) is 8.41 Å². The largest absolute Gasteiger partial charge is 0.153 e. The molecule has 1 atom stereocenters. The minimum absolute atomic E-state index is 0. The first-order valence-corrected chi connectivity index (χ1v) is 0. The van der Waals surface area contributed by atoms with E-state index in [0.29, 0.717) is 0 Å². The third kappa shape index (κ3) is 22.9. The third-order valence-electron chi connectivity index (χ3n) is 0.